The van der Waals surface area contributed by atoms with E-state index in [-0.39, 0.29) is 0 Å². The molecule has 1 amide bonds. The molecule has 1 N–H and O–H groups in total. The number of halogens is 2. The minimum atomic E-state index is -0.451. The third kappa shape index (κ3) is 5.72. The molecule has 198 valence electrons. The number of aromatic amines is 1. The van der Waals surface area contributed by atoms with Gasteiger partial charge in [-0.05, 0) is 86.0 Å². The molecule has 5 rings (SSSR count). The number of hydrogen-bond donors (Lipinski definition) is 1. The Morgan fingerprint density at radius 2 is 1.69 bits per heavy atom. The third-order valence-corrected chi connectivity index (χ3v) is 6.95. The monoisotopic (exact) mass is 559 g/mol. The van der Waals surface area contributed by atoms with Crippen LogP contribution in [0.25, 0.3) is 10.9 Å². The molecule has 0 radical (unpaired) electrons. The van der Waals surface area contributed by atoms with Gasteiger partial charge in [0.05, 0.1) is 0 Å². The normalized spacial score (nSPS) is 15.4. The fourth-order valence-corrected chi connectivity index (χ4v) is 4.96. The van der Waals surface area contributed by atoms with Crippen LogP contribution in [0.2, 0.25) is 10.0 Å². The molecular formula is C31H27Cl2N3O3. The van der Waals surface area contributed by atoms with Crippen molar-refractivity contribution in [2.24, 2.45) is 4.99 Å². The summed E-state index contributed by atoms with van der Waals surface area (Å²) in [6.07, 6.45) is 3.69. The van der Waals surface area contributed by atoms with Crippen LogP contribution in [-0.4, -0.2) is 28.4 Å². The van der Waals surface area contributed by atoms with Crippen LogP contribution in [0, 0.1) is 0 Å². The van der Waals surface area contributed by atoms with Crippen molar-refractivity contribution < 1.29 is 14.3 Å². The zero-order valence-electron chi connectivity index (χ0n) is 21.6. The molecule has 0 aliphatic carbocycles. The molecule has 1 atom stereocenters. The van der Waals surface area contributed by atoms with E-state index in [2.05, 4.69) is 16.6 Å². The topological polar surface area (TPSA) is 66.9 Å². The number of amides is 1. The summed E-state index contributed by atoms with van der Waals surface area (Å²) in [4.78, 5) is 23.1. The van der Waals surface area contributed by atoms with E-state index < -0.39 is 12.1 Å². The standard InChI is InChI=1S/C31H27Cl2N3O3/c1-4-16-34-30(19(2)3)38-23-10-5-20(6-11-23)29-28-25(26-18-22(33)9-14-27(26)35-28)15-17-36(29)31(37)39-24-12-7-21(32)8-13-24/h4-14,16,18,29,35H,2,15,17H2,1,3H3/b16-4-,34-30?/t29-/m0/s1. The predicted octanol–water partition coefficient (Wildman–Crippen LogP) is 8.51. The lowest BCUT2D eigenvalue weighted by molar-refractivity contribution is 0.135. The Hall–Kier alpha value is -4.00. The first-order valence-corrected chi connectivity index (χ1v) is 13.3. The van der Waals surface area contributed by atoms with Crippen molar-refractivity contribution in [1.29, 1.82) is 0 Å². The maximum Gasteiger partial charge on any atom is 0.416 e. The van der Waals surface area contributed by atoms with Gasteiger partial charge in [0, 0.05) is 45.0 Å². The summed E-state index contributed by atoms with van der Waals surface area (Å²) in [5, 5.41) is 2.29. The fraction of sp³-hybridized carbons (Fsp3) is 0.161. The van der Waals surface area contributed by atoms with E-state index in [1.54, 1.807) is 35.4 Å². The first-order chi connectivity index (χ1) is 18.8. The maximum atomic E-state index is 13.5. The lowest BCUT2D eigenvalue weighted by atomic mass is 9.92. The molecule has 8 heteroatoms. The molecule has 1 aromatic heterocycles. The number of aliphatic imine (C=N–C) groups is 1. The van der Waals surface area contributed by atoms with Gasteiger partial charge in [0.15, 0.2) is 0 Å². The van der Waals surface area contributed by atoms with E-state index >= 15 is 0 Å². The highest BCUT2D eigenvalue weighted by atomic mass is 35.5. The van der Waals surface area contributed by atoms with Crippen LogP contribution in [0.3, 0.4) is 0 Å². The SMILES string of the molecule is C=C(C)C(=N/C=C\C)Oc1ccc([C@H]2c3[nH]c4ccc(Cl)cc4c3CCN2C(=O)Oc2ccc(Cl)cc2)cc1. The Bertz CT molecular complexity index is 1590. The van der Waals surface area contributed by atoms with Crippen molar-refractivity contribution >= 4 is 46.1 Å². The fourth-order valence-electron chi connectivity index (χ4n) is 4.66. The Morgan fingerprint density at radius 3 is 2.38 bits per heavy atom. The van der Waals surface area contributed by atoms with Gasteiger partial charge in [0.1, 0.15) is 17.5 Å². The number of aromatic nitrogens is 1. The number of ether oxygens (including phenoxy) is 2. The summed E-state index contributed by atoms with van der Waals surface area (Å²) in [5.74, 6) is 1.47. The molecule has 0 saturated carbocycles. The molecular weight excluding hydrogens is 533 g/mol. The molecule has 0 unspecified atom stereocenters. The number of H-pyrrole nitrogens is 1. The van der Waals surface area contributed by atoms with Crippen molar-refractivity contribution in [3.8, 4) is 11.5 Å². The lowest BCUT2D eigenvalue weighted by Gasteiger charge is -2.35. The van der Waals surface area contributed by atoms with Gasteiger partial charge in [-0.15, -0.1) is 0 Å². The van der Waals surface area contributed by atoms with Crippen molar-refractivity contribution in [1.82, 2.24) is 9.88 Å². The average Bonchev–Trinajstić information content (AvgIpc) is 3.30. The maximum absolute atomic E-state index is 13.5. The van der Waals surface area contributed by atoms with E-state index in [1.807, 2.05) is 62.4 Å². The van der Waals surface area contributed by atoms with Gasteiger partial charge in [-0.3, -0.25) is 4.90 Å². The number of hydrogen-bond acceptors (Lipinski definition) is 4. The zero-order chi connectivity index (χ0) is 27.5. The highest BCUT2D eigenvalue weighted by Crippen LogP contribution is 2.40. The Morgan fingerprint density at radius 1 is 1.03 bits per heavy atom. The number of carbonyl (C=O) groups is 1. The van der Waals surface area contributed by atoms with Crippen LogP contribution >= 0.6 is 23.2 Å². The minimum Gasteiger partial charge on any atom is -0.439 e. The second-order valence-electron chi connectivity index (χ2n) is 9.24. The number of benzene rings is 3. The molecule has 2 heterocycles. The molecule has 39 heavy (non-hydrogen) atoms. The van der Waals surface area contributed by atoms with Crippen molar-refractivity contribution in [2.75, 3.05) is 6.54 Å². The van der Waals surface area contributed by atoms with Crippen LogP contribution < -0.4 is 9.47 Å². The van der Waals surface area contributed by atoms with Crippen LogP contribution in [-0.2, 0) is 6.42 Å². The van der Waals surface area contributed by atoms with Crippen LogP contribution in [0.4, 0.5) is 4.79 Å². The van der Waals surface area contributed by atoms with E-state index in [4.69, 9.17) is 32.7 Å². The summed E-state index contributed by atoms with van der Waals surface area (Å²) in [7, 11) is 0. The Labute approximate surface area is 237 Å². The molecule has 0 saturated heterocycles. The zero-order valence-corrected chi connectivity index (χ0v) is 23.1. The van der Waals surface area contributed by atoms with Gasteiger partial charge in [0.2, 0.25) is 5.90 Å². The van der Waals surface area contributed by atoms with Gasteiger partial charge in [-0.2, -0.15) is 0 Å². The smallest absolute Gasteiger partial charge is 0.416 e. The lowest BCUT2D eigenvalue weighted by Crippen LogP contribution is -2.42. The van der Waals surface area contributed by atoms with Gasteiger partial charge in [0.25, 0.3) is 0 Å². The van der Waals surface area contributed by atoms with E-state index in [1.165, 1.54) is 0 Å². The third-order valence-electron chi connectivity index (χ3n) is 6.46. The quantitative estimate of drug-likeness (QED) is 0.197. The van der Waals surface area contributed by atoms with E-state index in [9.17, 15) is 4.79 Å². The number of allylic oxidation sites excluding steroid dienone is 1. The van der Waals surface area contributed by atoms with Crippen molar-refractivity contribution in [3.63, 3.8) is 0 Å². The summed E-state index contributed by atoms with van der Waals surface area (Å²) < 4.78 is 11.7. The molecule has 0 bridgehead atoms. The molecule has 4 aromatic rings. The van der Waals surface area contributed by atoms with E-state index in [0.717, 1.165) is 27.7 Å². The van der Waals surface area contributed by atoms with E-state index in [0.29, 0.717) is 46.0 Å². The summed E-state index contributed by atoms with van der Waals surface area (Å²) >= 11 is 12.3. The number of nitrogens with zero attached hydrogens (tertiary/aromatic N) is 2. The number of fused-ring (bicyclic) bond motifs is 3. The van der Waals surface area contributed by atoms with Gasteiger partial charge in [-0.1, -0.05) is 48.0 Å². The molecule has 0 spiro atoms. The van der Waals surface area contributed by atoms with Crippen molar-refractivity contribution in [3.05, 3.63) is 118 Å². The highest BCUT2D eigenvalue weighted by Gasteiger charge is 2.35. The van der Waals surface area contributed by atoms with Crippen LogP contribution in [0.1, 0.15) is 36.7 Å². The second-order valence-corrected chi connectivity index (χ2v) is 10.1. The highest BCUT2D eigenvalue weighted by molar-refractivity contribution is 6.31. The summed E-state index contributed by atoms with van der Waals surface area (Å²) in [6.45, 7) is 8.14. The number of carbonyl (C=O) groups excluding carboxylic acids is 1. The van der Waals surface area contributed by atoms with Crippen LogP contribution in [0.5, 0.6) is 11.5 Å². The molecule has 3 aromatic carbocycles. The molecule has 1 aliphatic rings. The Kier molecular flexibility index (Phi) is 7.77. The summed E-state index contributed by atoms with van der Waals surface area (Å²) in [5.41, 5.74) is 4.64. The van der Waals surface area contributed by atoms with Gasteiger partial charge >= 0.3 is 6.09 Å². The average molecular weight is 560 g/mol. The largest absolute Gasteiger partial charge is 0.439 e. The van der Waals surface area contributed by atoms with Crippen LogP contribution in [0.15, 0.2) is 96.2 Å². The Balaban J connectivity index is 1.51. The van der Waals surface area contributed by atoms with Gasteiger partial charge in [-0.25, -0.2) is 9.79 Å². The predicted molar refractivity (Wildman–Crippen MR) is 157 cm³/mol. The number of nitrogens with one attached hydrogen (secondary N) is 1. The second kappa shape index (κ2) is 11.4. The number of rotatable bonds is 5. The molecule has 6 nitrogen and oxygen atoms in total. The first-order valence-electron chi connectivity index (χ1n) is 12.5. The summed E-state index contributed by atoms with van der Waals surface area (Å²) in [6, 6.07) is 19.7. The minimum absolute atomic E-state index is 0.411. The van der Waals surface area contributed by atoms with Gasteiger partial charge < -0.3 is 14.5 Å². The first kappa shape index (κ1) is 26.6. The molecule has 1 aliphatic heterocycles. The molecule has 0 fully saturated rings. The van der Waals surface area contributed by atoms with Crippen molar-refractivity contribution in [2.45, 2.75) is 26.3 Å².